The molecule has 0 rings (SSSR count). The predicted octanol–water partition coefficient (Wildman–Crippen LogP) is 0.442. The average Bonchev–Trinajstić information content (AvgIpc) is 2.16. The summed E-state index contributed by atoms with van der Waals surface area (Å²) in [5.41, 5.74) is 0. The van der Waals surface area contributed by atoms with E-state index >= 15 is 0 Å². The van der Waals surface area contributed by atoms with Gasteiger partial charge in [-0.3, -0.25) is 4.79 Å². The molecule has 4 heteroatoms. The lowest BCUT2D eigenvalue weighted by Crippen LogP contribution is -2.42. The Balaban J connectivity index is 3.38. The molecule has 0 aromatic heterocycles. The molecule has 0 aliphatic carbocycles. The quantitative estimate of drug-likeness (QED) is 0.578. The molecule has 0 saturated heterocycles. The van der Waals surface area contributed by atoms with Gasteiger partial charge >= 0.3 is 0 Å². The zero-order valence-corrected chi connectivity index (χ0v) is 10.5. The first kappa shape index (κ1) is 14.4. The number of amides is 1. The second-order valence-corrected chi connectivity index (χ2v) is 4.08. The van der Waals surface area contributed by atoms with Crippen molar-refractivity contribution in [3.05, 3.63) is 0 Å². The molecule has 0 aromatic rings. The SMILES string of the molecule is CCNC(=O)C(C)NCCCCN(C)C. The Labute approximate surface area is 93.4 Å². The van der Waals surface area contributed by atoms with Crippen molar-refractivity contribution in [1.29, 1.82) is 0 Å². The summed E-state index contributed by atoms with van der Waals surface area (Å²) in [4.78, 5) is 13.5. The summed E-state index contributed by atoms with van der Waals surface area (Å²) in [6.45, 7) is 6.55. The third kappa shape index (κ3) is 8.39. The van der Waals surface area contributed by atoms with Crippen molar-refractivity contribution >= 4 is 5.91 Å². The van der Waals surface area contributed by atoms with Gasteiger partial charge in [-0.15, -0.1) is 0 Å². The van der Waals surface area contributed by atoms with Crippen molar-refractivity contribution in [3.8, 4) is 0 Å². The summed E-state index contributed by atoms with van der Waals surface area (Å²) < 4.78 is 0. The fraction of sp³-hybridized carbons (Fsp3) is 0.909. The van der Waals surface area contributed by atoms with Gasteiger partial charge in [-0.25, -0.2) is 0 Å². The number of rotatable bonds is 8. The molecule has 0 aromatic carbocycles. The second kappa shape index (κ2) is 8.68. The normalized spacial score (nSPS) is 12.9. The van der Waals surface area contributed by atoms with Gasteiger partial charge in [0.2, 0.25) is 5.91 Å². The van der Waals surface area contributed by atoms with Crippen LogP contribution in [-0.4, -0.2) is 50.6 Å². The third-order valence-electron chi connectivity index (χ3n) is 2.23. The zero-order chi connectivity index (χ0) is 11.7. The molecule has 0 heterocycles. The van der Waals surface area contributed by atoms with Crippen LogP contribution in [0.25, 0.3) is 0 Å². The van der Waals surface area contributed by atoms with E-state index in [1.807, 2.05) is 13.8 Å². The van der Waals surface area contributed by atoms with E-state index in [0.29, 0.717) is 6.54 Å². The standard InChI is InChI=1S/C11H25N3O/c1-5-12-11(15)10(2)13-8-6-7-9-14(3)4/h10,13H,5-9H2,1-4H3,(H,12,15). The van der Waals surface area contributed by atoms with Crippen LogP contribution in [0.4, 0.5) is 0 Å². The molecule has 15 heavy (non-hydrogen) atoms. The zero-order valence-electron chi connectivity index (χ0n) is 10.5. The summed E-state index contributed by atoms with van der Waals surface area (Å²) in [6.07, 6.45) is 2.28. The minimum atomic E-state index is -0.0793. The smallest absolute Gasteiger partial charge is 0.236 e. The molecule has 0 radical (unpaired) electrons. The maximum Gasteiger partial charge on any atom is 0.236 e. The molecular formula is C11H25N3O. The van der Waals surface area contributed by atoms with E-state index in [4.69, 9.17) is 0 Å². The molecule has 2 N–H and O–H groups in total. The maximum atomic E-state index is 11.3. The molecule has 1 unspecified atom stereocenters. The van der Waals surface area contributed by atoms with Crippen LogP contribution < -0.4 is 10.6 Å². The van der Waals surface area contributed by atoms with Gasteiger partial charge in [0.25, 0.3) is 0 Å². The van der Waals surface area contributed by atoms with Crippen LogP contribution in [0.15, 0.2) is 0 Å². The Hall–Kier alpha value is -0.610. The second-order valence-electron chi connectivity index (χ2n) is 4.08. The number of unbranched alkanes of at least 4 members (excludes halogenated alkanes) is 1. The Kier molecular flexibility index (Phi) is 8.33. The van der Waals surface area contributed by atoms with Crippen LogP contribution in [0.2, 0.25) is 0 Å². The molecule has 0 fully saturated rings. The highest BCUT2D eigenvalue weighted by Gasteiger charge is 2.09. The number of nitrogens with zero attached hydrogens (tertiary/aromatic N) is 1. The first-order valence-electron chi connectivity index (χ1n) is 5.73. The van der Waals surface area contributed by atoms with Crippen molar-refractivity contribution < 1.29 is 4.79 Å². The van der Waals surface area contributed by atoms with Gasteiger partial charge in [-0.05, 0) is 53.9 Å². The summed E-state index contributed by atoms with van der Waals surface area (Å²) in [6, 6.07) is -0.0793. The Morgan fingerprint density at radius 2 is 2.00 bits per heavy atom. The highest BCUT2D eigenvalue weighted by Crippen LogP contribution is 1.90. The Morgan fingerprint density at radius 3 is 2.53 bits per heavy atom. The lowest BCUT2D eigenvalue weighted by atomic mass is 10.2. The van der Waals surface area contributed by atoms with E-state index in [-0.39, 0.29) is 11.9 Å². The number of hydrogen-bond acceptors (Lipinski definition) is 3. The molecule has 90 valence electrons. The first-order valence-corrected chi connectivity index (χ1v) is 5.73. The highest BCUT2D eigenvalue weighted by molar-refractivity contribution is 5.81. The number of hydrogen-bond donors (Lipinski definition) is 2. The molecule has 0 bridgehead atoms. The summed E-state index contributed by atoms with van der Waals surface area (Å²) in [7, 11) is 4.15. The van der Waals surface area contributed by atoms with Gasteiger partial charge < -0.3 is 15.5 Å². The molecule has 1 amide bonds. The summed E-state index contributed by atoms with van der Waals surface area (Å²) >= 11 is 0. The largest absolute Gasteiger partial charge is 0.355 e. The Morgan fingerprint density at radius 1 is 1.33 bits per heavy atom. The van der Waals surface area contributed by atoms with Crippen LogP contribution in [0.1, 0.15) is 26.7 Å². The van der Waals surface area contributed by atoms with Crippen LogP contribution in [0.3, 0.4) is 0 Å². The topological polar surface area (TPSA) is 44.4 Å². The van der Waals surface area contributed by atoms with Gasteiger partial charge in [-0.2, -0.15) is 0 Å². The molecule has 0 spiro atoms. The fourth-order valence-corrected chi connectivity index (χ4v) is 1.29. The van der Waals surface area contributed by atoms with Crippen molar-refractivity contribution in [2.45, 2.75) is 32.7 Å². The van der Waals surface area contributed by atoms with Gasteiger partial charge in [-0.1, -0.05) is 0 Å². The van der Waals surface area contributed by atoms with Crippen molar-refractivity contribution in [1.82, 2.24) is 15.5 Å². The van der Waals surface area contributed by atoms with Gasteiger partial charge in [0.1, 0.15) is 0 Å². The Bertz CT molecular complexity index is 171. The first-order chi connectivity index (χ1) is 7.07. The van der Waals surface area contributed by atoms with Crippen LogP contribution in [0.5, 0.6) is 0 Å². The van der Waals surface area contributed by atoms with E-state index in [9.17, 15) is 4.79 Å². The minimum absolute atomic E-state index is 0.0793. The van der Waals surface area contributed by atoms with Gasteiger partial charge in [0.05, 0.1) is 6.04 Å². The molecule has 0 aliphatic rings. The van der Waals surface area contributed by atoms with Crippen molar-refractivity contribution in [2.24, 2.45) is 0 Å². The lowest BCUT2D eigenvalue weighted by molar-refractivity contribution is -0.122. The van der Waals surface area contributed by atoms with E-state index in [1.54, 1.807) is 0 Å². The summed E-state index contributed by atoms with van der Waals surface area (Å²) in [5.74, 6) is 0.0881. The fourth-order valence-electron chi connectivity index (χ4n) is 1.29. The molecule has 1 atom stereocenters. The van der Waals surface area contributed by atoms with E-state index in [1.165, 1.54) is 6.42 Å². The van der Waals surface area contributed by atoms with E-state index < -0.39 is 0 Å². The minimum Gasteiger partial charge on any atom is -0.355 e. The van der Waals surface area contributed by atoms with Crippen LogP contribution >= 0.6 is 0 Å². The van der Waals surface area contributed by atoms with Gasteiger partial charge in [0.15, 0.2) is 0 Å². The molecular weight excluding hydrogens is 190 g/mol. The molecule has 4 nitrogen and oxygen atoms in total. The number of carbonyl (C=O) groups excluding carboxylic acids is 1. The summed E-state index contributed by atoms with van der Waals surface area (Å²) in [5, 5.41) is 6.01. The van der Waals surface area contributed by atoms with Crippen molar-refractivity contribution in [3.63, 3.8) is 0 Å². The third-order valence-corrected chi connectivity index (χ3v) is 2.23. The molecule has 0 aliphatic heterocycles. The molecule has 0 saturated carbocycles. The van der Waals surface area contributed by atoms with E-state index in [0.717, 1.165) is 19.5 Å². The number of carbonyl (C=O) groups is 1. The average molecular weight is 215 g/mol. The number of nitrogens with one attached hydrogen (secondary N) is 2. The van der Waals surface area contributed by atoms with Gasteiger partial charge in [0, 0.05) is 6.54 Å². The monoisotopic (exact) mass is 215 g/mol. The maximum absolute atomic E-state index is 11.3. The predicted molar refractivity (Wildman–Crippen MR) is 63.9 cm³/mol. The lowest BCUT2D eigenvalue weighted by Gasteiger charge is -2.13. The van der Waals surface area contributed by atoms with Crippen LogP contribution in [0, 0.1) is 0 Å². The van der Waals surface area contributed by atoms with E-state index in [2.05, 4.69) is 29.6 Å². The van der Waals surface area contributed by atoms with Crippen molar-refractivity contribution in [2.75, 3.05) is 33.7 Å². The highest BCUT2D eigenvalue weighted by atomic mass is 16.2. The van der Waals surface area contributed by atoms with Crippen LogP contribution in [-0.2, 0) is 4.79 Å². The number of likely N-dealkylation sites (N-methyl/N-ethyl adjacent to an activating group) is 1.